The fourth-order valence-corrected chi connectivity index (χ4v) is 5.09. The minimum absolute atomic E-state index is 0.109. The number of carbonyl (C=O) groups is 3. The smallest absolute Gasteiger partial charge is 0.312 e. The molecule has 0 aromatic heterocycles. The Hall–Kier alpha value is -3.93. The van der Waals surface area contributed by atoms with Crippen LogP contribution in [0.1, 0.15) is 159 Å². The van der Waals surface area contributed by atoms with E-state index < -0.39 is 33.0 Å². The summed E-state index contributed by atoms with van der Waals surface area (Å²) in [6.07, 6.45) is 4.68. The van der Waals surface area contributed by atoms with Gasteiger partial charge in [0.25, 0.3) is 0 Å². The Morgan fingerprint density at radius 2 is 0.704 bits per heavy atom. The molecule has 0 heterocycles. The Balaban J connectivity index is 0.000000406. The molecule has 0 aliphatic carbocycles. The maximum absolute atomic E-state index is 12.4. The third-order valence-electron chi connectivity index (χ3n) is 11.2. The first kappa shape index (κ1) is 48.1. The minimum Gasteiger partial charge on any atom is -0.454 e. The van der Waals surface area contributed by atoms with E-state index in [4.69, 9.17) is 14.2 Å². The van der Waals surface area contributed by atoms with Gasteiger partial charge in [-0.15, -0.1) is 0 Å². The quantitative estimate of drug-likeness (QED) is 0.114. The standard InChI is InChI=1S/C17H26O2.C16H24O2.C15H22O2/c1-6-16(4,5)15(18)19-17(7-2,8-3)14-12-10-9-11-13-14;1-6-15(3,4)14(17)18-16(5,7-2)13-11-9-8-10-12-13;1-6-14(2,3)13(16)17-15(4,5)12-10-8-7-9-11-12/h9-13H,6-8H2,1-5H3;8-12H,6-7H2,1-5H3;7-11H,6H2,1-5H3. The molecule has 3 rings (SSSR count). The van der Waals surface area contributed by atoms with Crippen molar-refractivity contribution in [3.05, 3.63) is 108 Å². The summed E-state index contributed by atoms with van der Waals surface area (Å²) in [6, 6.07) is 29.8. The Kier molecular flexibility index (Phi) is 18.4. The van der Waals surface area contributed by atoms with Gasteiger partial charge < -0.3 is 14.2 Å². The van der Waals surface area contributed by atoms with Gasteiger partial charge in [-0.2, -0.15) is 0 Å². The van der Waals surface area contributed by atoms with Crippen LogP contribution in [-0.2, 0) is 45.4 Å². The number of carbonyl (C=O) groups excluding carboxylic acids is 3. The van der Waals surface area contributed by atoms with Crippen LogP contribution in [0.4, 0.5) is 0 Å². The van der Waals surface area contributed by atoms with Gasteiger partial charge in [-0.25, -0.2) is 0 Å². The van der Waals surface area contributed by atoms with E-state index in [1.807, 2.05) is 181 Å². The zero-order chi connectivity index (χ0) is 41.4. The van der Waals surface area contributed by atoms with Crippen LogP contribution in [0.15, 0.2) is 91.0 Å². The molecule has 0 aliphatic heterocycles. The zero-order valence-electron chi connectivity index (χ0n) is 36.4. The molecule has 3 aromatic rings. The van der Waals surface area contributed by atoms with E-state index in [9.17, 15) is 14.4 Å². The molecule has 0 fully saturated rings. The Morgan fingerprint density at radius 1 is 0.389 bits per heavy atom. The summed E-state index contributed by atoms with van der Waals surface area (Å²) in [5.74, 6) is -0.380. The van der Waals surface area contributed by atoms with Crippen LogP contribution in [-0.4, -0.2) is 17.9 Å². The SMILES string of the molecule is CCC(C)(C)C(=O)OC(C)(C)c1ccccc1.CCC(C)(C)C(=O)OC(C)(CC)c1ccccc1.CCC(C)(C)C(=O)OC(CC)(CC)c1ccccc1. The van der Waals surface area contributed by atoms with Gasteiger partial charge in [0, 0.05) is 0 Å². The molecule has 0 amide bonds. The topological polar surface area (TPSA) is 78.9 Å². The highest BCUT2D eigenvalue weighted by Gasteiger charge is 2.38. The van der Waals surface area contributed by atoms with Crippen molar-refractivity contribution < 1.29 is 28.6 Å². The van der Waals surface area contributed by atoms with Crippen molar-refractivity contribution in [1.29, 1.82) is 0 Å². The summed E-state index contributed by atoms with van der Waals surface area (Å²) in [6.45, 7) is 29.6. The largest absolute Gasteiger partial charge is 0.454 e. The molecular weight excluding hydrogens is 673 g/mol. The summed E-state index contributed by atoms with van der Waals surface area (Å²) < 4.78 is 17.4. The number of ether oxygens (including phenoxy) is 3. The molecule has 0 spiro atoms. The van der Waals surface area contributed by atoms with Crippen LogP contribution in [0.2, 0.25) is 0 Å². The van der Waals surface area contributed by atoms with Crippen LogP contribution in [0.3, 0.4) is 0 Å². The molecule has 0 saturated heterocycles. The van der Waals surface area contributed by atoms with Crippen LogP contribution in [0.25, 0.3) is 0 Å². The summed E-state index contributed by atoms with van der Waals surface area (Å²) in [5.41, 5.74) is 0.260. The molecule has 0 saturated carbocycles. The van der Waals surface area contributed by atoms with Gasteiger partial charge in [0.2, 0.25) is 0 Å². The number of hydrogen-bond acceptors (Lipinski definition) is 6. The lowest BCUT2D eigenvalue weighted by molar-refractivity contribution is -0.173. The molecule has 6 nitrogen and oxygen atoms in total. The fourth-order valence-electron chi connectivity index (χ4n) is 5.09. The number of esters is 3. The van der Waals surface area contributed by atoms with Gasteiger partial charge in [-0.3, -0.25) is 14.4 Å². The maximum Gasteiger partial charge on any atom is 0.312 e. The van der Waals surface area contributed by atoms with E-state index in [1.54, 1.807) is 0 Å². The van der Waals surface area contributed by atoms with Crippen LogP contribution >= 0.6 is 0 Å². The Morgan fingerprint density at radius 3 is 1.04 bits per heavy atom. The second-order valence-corrected chi connectivity index (χ2v) is 16.8. The molecule has 300 valence electrons. The average Bonchev–Trinajstić information content (AvgIpc) is 3.18. The van der Waals surface area contributed by atoms with Crippen molar-refractivity contribution in [1.82, 2.24) is 0 Å². The molecule has 54 heavy (non-hydrogen) atoms. The Bertz CT molecular complexity index is 1550. The predicted molar refractivity (Wildman–Crippen MR) is 223 cm³/mol. The van der Waals surface area contributed by atoms with Gasteiger partial charge in [0.1, 0.15) is 16.8 Å². The number of rotatable bonds is 15. The van der Waals surface area contributed by atoms with Gasteiger partial charge in [-0.05, 0) is 118 Å². The lowest BCUT2D eigenvalue weighted by Gasteiger charge is -2.35. The predicted octanol–water partition coefficient (Wildman–Crippen LogP) is 12.9. The summed E-state index contributed by atoms with van der Waals surface area (Å²) in [5, 5.41) is 0. The third-order valence-corrected chi connectivity index (χ3v) is 11.2. The maximum atomic E-state index is 12.4. The molecular formula is C48H72O6. The first-order valence-corrected chi connectivity index (χ1v) is 19.9. The summed E-state index contributed by atoms with van der Waals surface area (Å²) >= 11 is 0. The van der Waals surface area contributed by atoms with E-state index in [1.165, 1.54) is 0 Å². The second-order valence-electron chi connectivity index (χ2n) is 16.8. The lowest BCUT2D eigenvalue weighted by Crippen LogP contribution is -2.37. The molecule has 3 aromatic carbocycles. The zero-order valence-corrected chi connectivity index (χ0v) is 36.4. The van der Waals surface area contributed by atoms with E-state index in [2.05, 4.69) is 13.8 Å². The summed E-state index contributed by atoms with van der Waals surface area (Å²) in [7, 11) is 0. The monoisotopic (exact) mass is 745 g/mol. The van der Waals surface area contributed by atoms with E-state index in [0.29, 0.717) is 0 Å². The van der Waals surface area contributed by atoms with Crippen LogP contribution < -0.4 is 0 Å². The Labute approximate surface area is 328 Å². The van der Waals surface area contributed by atoms with Crippen molar-refractivity contribution in [2.75, 3.05) is 0 Å². The molecule has 6 heteroatoms. The van der Waals surface area contributed by atoms with E-state index in [-0.39, 0.29) is 17.9 Å². The van der Waals surface area contributed by atoms with Gasteiger partial charge in [0.15, 0.2) is 0 Å². The second kappa shape index (κ2) is 20.7. The van der Waals surface area contributed by atoms with Gasteiger partial charge in [-0.1, -0.05) is 133 Å². The van der Waals surface area contributed by atoms with Crippen molar-refractivity contribution in [3.63, 3.8) is 0 Å². The normalized spacial score (nSPS) is 13.2. The molecule has 1 unspecified atom stereocenters. The van der Waals surface area contributed by atoms with Crippen LogP contribution in [0.5, 0.6) is 0 Å². The first-order chi connectivity index (χ1) is 25.1. The lowest BCUT2D eigenvalue weighted by atomic mass is 9.86. The first-order valence-electron chi connectivity index (χ1n) is 19.9. The number of benzene rings is 3. The third kappa shape index (κ3) is 13.4. The molecule has 0 bridgehead atoms. The van der Waals surface area contributed by atoms with Gasteiger partial charge in [0.05, 0.1) is 16.2 Å². The van der Waals surface area contributed by atoms with Gasteiger partial charge >= 0.3 is 17.9 Å². The minimum atomic E-state index is -0.579. The average molecular weight is 745 g/mol. The van der Waals surface area contributed by atoms with Crippen molar-refractivity contribution in [3.8, 4) is 0 Å². The molecule has 1 atom stereocenters. The van der Waals surface area contributed by atoms with Crippen molar-refractivity contribution >= 4 is 17.9 Å². The molecule has 0 aliphatic rings. The highest BCUT2D eigenvalue weighted by atomic mass is 16.6. The van der Waals surface area contributed by atoms with Crippen LogP contribution in [0, 0.1) is 16.2 Å². The summed E-state index contributed by atoms with van der Waals surface area (Å²) in [4.78, 5) is 36.7. The molecule has 0 radical (unpaired) electrons. The highest BCUT2D eigenvalue weighted by molar-refractivity contribution is 5.77. The van der Waals surface area contributed by atoms with E-state index in [0.717, 1.165) is 55.2 Å². The fraction of sp³-hybridized carbons (Fsp3) is 0.562. The highest BCUT2D eigenvalue weighted by Crippen LogP contribution is 2.37. The van der Waals surface area contributed by atoms with Crippen molar-refractivity contribution in [2.24, 2.45) is 16.2 Å². The van der Waals surface area contributed by atoms with Crippen molar-refractivity contribution in [2.45, 2.75) is 159 Å². The molecule has 0 N–H and O–H groups in total. The number of hydrogen-bond donors (Lipinski definition) is 0. The van der Waals surface area contributed by atoms with E-state index >= 15 is 0 Å².